The predicted molar refractivity (Wildman–Crippen MR) is 88.9 cm³/mol. The van der Waals surface area contributed by atoms with Gasteiger partial charge in [0.05, 0.1) is 6.04 Å². The molecule has 0 aliphatic rings. The summed E-state index contributed by atoms with van der Waals surface area (Å²) in [5.41, 5.74) is 11.2. The summed E-state index contributed by atoms with van der Waals surface area (Å²) in [6.07, 6.45) is 0. The van der Waals surface area contributed by atoms with E-state index in [0.29, 0.717) is 12.5 Å². The molecule has 2 aromatic carbocycles. The summed E-state index contributed by atoms with van der Waals surface area (Å²) >= 11 is 0. The SMILES string of the molecule is Cc1ccc(C)c(C(N)COc2ccccc2C(C)C)c1. The first-order valence-electron chi connectivity index (χ1n) is 7.53. The molecular weight excluding hydrogens is 258 g/mol. The van der Waals surface area contributed by atoms with Crippen LogP contribution in [0, 0.1) is 13.8 Å². The van der Waals surface area contributed by atoms with Gasteiger partial charge in [-0.25, -0.2) is 0 Å². The van der Waals surface area contributed by atoms with E-state index < -0.39 is 0 Å². The van der Waals surface area contributed by atoms with Crippen LogP contribution < -0.4 is 10.5 Å². The van der Waals surface area contributed by atoms with Gasteiger partial charge in [-0.1, -0.05) is 55.8 Å². The fourth-order valence-electron chi connectivity index (χ4n) is 2.52. The van der Waals surface area contributed by atoms with Crippen LogP contribution in [0.25, 0.3) is 0 Å². The average Bonchev–Trinajstić information content (AvgIpc) is 2.47. The van der Waals surface area contributed by atoms with Gasteiger partial charge in [0, 0.05) is 0 Å². The second-order valence-corrected chi connectivity index (χ2v) is 5.97. The topological polar surface area (TPSA) is 35.2 Å². The van der Waals surface area contributed by atoms with Crippen LogP contribution in [0.4, 0.5) is 0 Å². The van der Waals surface area contributed by atoms with Crippen molar-refractivity contribution < 1.29 is 4.74 Å². The van der Waals surface area contributed by atoms with Gasteiger partial charge in [0.1, 0.15) is 12.4 Å². The lowest BCUT2D eigenvalue weighted by atomic mass is 10.00. The lowest BCUT2D eigenvalue weighted by Gasteiger charge is -2.19. The van der Waals surface area contributed by atoms with Crippen molar-refractivity contribution in [2.45, 2.75) is 39.7 Å². The number of nitrogens with two attached hydrogens (primary N) is 1. The third-order valence-corrected chi connectivity index (χ3v) is 3.79. The van der Waals surface area contributed by atoms with Crippen molar-refractivity contribution in [2.75, 3.05) is 6.61 Å². The molecule has 0 radical (unpaired) electrons. The Morgan fingerprint density at radius 1 is 1.00 bits per heavy atom. The Balaban J connectivity index is 2.11. The van der Waals surface area contributed by atoms with Crippen molar-refractivity contribution in [3.05, 3.63) is 64.7 Å². The molecule has 21 heavy (non-hydrogen) atoms. The van der Waals surface area contributed by atoms with Crippen molar-refractivity contribution in [3.63, 3.8) is 0 Å². The number of ether oxygens (including phenoxy) is 1. The molecule has 0 heterocycles. The molecule has 0 fully saturated rings. The second kappa shape index (κ2) is 6.77. The van der Waals surface area contributed by atoms with Crippen LogP contribution in [0.1, 0.15) is 48.1 Å². The summed E-state index contributed by atoms with van der Waals surface area (Å²) in [5.74, 6) is 1.38. The Hall–Kier alpha value is -1.80. The minimum Gasteiger partial charge on any atom is -0.491 e. The first-order valence-corrected chi connectivity index (χ1v) is 7.53. The van der Waals surface area contributed by atoms with Crippen LogP contribution in [0.5, 0.6) is 5.75 Å². The highest BCUT2D eigenvalue weighted by atomic mass is 16.5. The van der Waals surface area contributed by atoms with Gasteiger partial charge in [-0.15, -0.1) is 0 Å². The van der Waals surface area contributed by atoms with Crippen LogP contribution in [0.15, 0.2) is 42.5 Å². The second-order valence-electron chi connectivity index (χ2n) is 5.97. The Labute approximate surface area is 127 Å². The molecule has 1 atom stereocenters. The van der Waals surface area contributed by atoms with Crippen molar-refractivity contribution in [1.29, 1.82) is 0 Å². The molecule has 0 saturated carbocycles. The highest BCUT2D eigenvalue weighted by Gasteiger charge is 2.12. The summed E-state index contributed by atoms with van der Waals surface area (Å²) in [7, 11) is 0. The van der Waals surface area contributed by atoms with Crippen molar-refractivity contribution in [3.8, 4) is 5.75 Å². The Morgan fingerprint density at radius 3 is 2.43 bits per heavy atom. The molecule has 2 heteroatoms. The number of hydrogen-bond acceptors (Lipinski definition) is 2. The maximum absolute atomic E-state index is 6.31. The van der Waals surface area contributed by atoms with E-state index in [-0.39, 0.29) is 6.04 Å². The molecule has 112 valence electrons. The zero-order valence-corrected chi connectivity index (χ0v) is 13.4. The Kier molecular flexibility index (Phi) is 5.03. The molecule has 0 saturated heterocycles. The van der Waals surface area contributed by atoms with Gasteiger partial charge >= 0.3 is 0 Å². The number of aryl methyl sites for hydroxylation is 2. The monoisotopic (exact) mass is 283 g/mol. The third-order valence-electron chi connectivity index (χ3n) is 3.79. The molecular formula is C19H25NO. The van der Waals surface area contributed by atoms with E-state index in [9.17, 15) is 0 Å². The van der Waals surface area contributed by atoms with Gasteiger partial charge in [-0.2, -0.15) is 0 Å². The van der Waals surface area contributed by atoms with Crippen LogP contribution >= 0.6 is 0 Å². The molecule has 0 spiro atoms. The lowest BCUT2D eigenvalue weighted by molar-refractivity contribution is 0.286. The molecule has 2 aromatic rings. The highest BCUT2D eigenvalue weighted by molar-refractivity contribution is 5.36. The molecule has 2 rings (SSSR count). The summed E-state index contributed by atoms with van der Waals surface area (Å²) in [4.78, 5) is 0. The summed E-state index contributed by atoms with van der Waals surface area (Å²) in [6, 6.07) is 14.5. The summed E-state index contributed by atoms with van der Waals surface area (Å²) < 4.78 is 5.98. The van der Waals surface area contributed by atoms with E-state index in [1.54, 1.807) is 0 Å². The first kappa shape index (κ1) is 15.6. The van der Waals surface area contributed by atoms with Gasteiger partial charge < -0.3 is 10.5 Å². The van der Waals surface area contributed by atoms with Gasteiger partial charge in [0.15, 0.2) is 0 Å². The van der Waals surface area contributed by atoms with E-state index >= 15 is 0 Å². The maximum Gasteiger partial charge on any atom is 0.122 e. The molecule has 1 unspecified atom stereocenters. The minimum absolute atomic E-state index is 0.106. The fraction of sp³-hybridized carbons (Fsp3) is 0.368. The number of benzene rings is 2. The number of rotatable bonds is 5. The molecule has 0 aliphatic heterocycles. The summed E-state index contributed by atoms with van der Waals surface area (Å²) in [5, 5.41) is 0. The molecule has 0 aliphatic carbocycles. The Morgan fingerprint density at radius 2 is 1.71 bits per heavy atom. The zero-order valence-electron chi connectivity index (χ0n) is 13.4. The van der Waals surface area contributed by atoms with Crippen LogP contribution in [0.3, 0.4) is 0 Å². The van der Waals surface area contributed by atoms with Crippen LogP contribution in [0.2, 0.25) is 0 Å². The maximum atomic E-state index is 6.31. The van der Waals surface area contributed by atoms with Crippen LogP contribution in [-0.4, -0.2) is 6.61 Å². The van der Waals surface area contributed by atoms with Gasteiger partial charge in [0.25, 0.3) is 0 Å². The van der Waals surface area contributed by atoms with E-state index in [4.69, 9.17) is 10.5 Å². The zero-order chi connectivity index (χ0) is 15.4. The van der Waals surface area contributed by atoms with Crippen molar-refractivity contribution >= 4 is 0 Å². The lowest BCUT2D eigenvalue weighted by Crippen LogP contribution is -2.20. The van der Waals surface area contributed by atoms with E-state index in [2.05, 4.69) is 52.0 Å². The number of hydrogen-bond donors (Lipinski definition) is 1. The molecule has 2 nitrogen and oxygen atoms in total. The highest BCUT2D eigenvalue weighted by Crippen LogP contribution is 2.27. The largest absolute Gasteiger partial charge is 0.491 e. The first-order chi connectivity index (χ1) is 9.99. The smallest absolute Gasteiger partial charge is 0.122 e. The molecule has 0 amide bonds. The van der Waals surface area contributed by atoms with Crippen molar-refractivity contribution in [1.82, 2.24) is 0 Å². The quantitative estimate of drug-likeness (QED) is 0.876. The average molecular weight is 283 g/mol. The third kappa shape index (κ3) is 3.85. The fourth-order valence-corrected chi connectivity index (χ4v) is 2.52. The van der Waals surface area contributed by atoms with Gasteiger partial charge in [-0.05, 0) is 42.5 Å². The standard InChI is InChI=1S/C19H25NO/c1-13(2)16-7-5-6-8-19(16)21-12-18(20)17-11-14(3)9-10-15(17)4/h5-11,13,18H,12,20H2,1-4H3. The minimum atomic E-state index is -0.106. The van der Waals surface area contributed by atoms with Gasteiger partial charge in [0.2, 0.25) is 0 Å². The summed E-state index contributed by atoms with van der Waals surface area (Å²) in [6.45, 7) is 9.02. The van der Waals surface area contributed by atoms with E-state index in [1.807, 2.05) is 18.2 Å². The van der Waals surface area contributed by atoms with Crippen molar-refractivity contribution in [2.24, 2.45) is 5.73 Å². The Bertz CT molecular complexity index is 604. The molecule has 0 aromatic heterocycles. The van der Waals surface area contributed by atoms with E-state index in [1.165, 1.54) is 16.7 Å². The molecule has 2 N–H and O–H groups in total. The molecule has 0 bridgehead atoms. The van der Waals surface area contributed by atoms with E-state index in [0.717, 1.165) is 11.3 Å². The number of para-hydroxylation sites is 1. The normalized spacial score (nSPS) is 12.5. The van der Waals surface area contributed by atoms with Gasteiger partial charge in [-0.3, -0.25) is 0 Å². The predicted octanol–water partition coefficient (Wildman–Crippen LogP) is 4.51. The van der Waals surface area contributed by atoms with Crippen LogP contribution in [-0.2, 0) is 0 Å².